The Bertz CT molecular complexity index is 896. The highest BCUT2D eigenvalue weighted by atomic mass is 32.3. The number of allylic oxidation sites excluding steroid dienone is 1. The van der Waals surface area contributed by atoms with Gasteiger partial charge in [-0.15, -0.1) is 23.5 Å². The molecule has 0 spiro atoms. The standard InChI is InChI=1S/C19H20N2O2S2/c1-20-9-8-12(14(10-20)18(22)23-3)16-13-6-4-5-7-15(13)21(2)17(16)19-24-11-25-19/h4-10,12,19H,11H2,1-3H3. The molecule has 0 aliphatic carbocycles. The summed E-state index contributed by atoms with van der Waals surface area (Å²) in [6.45, 7) is 0. The number of aryl methyl sites for hydroxylation is 1. The fraction of sp³-hybridized carbons (Fsp3) is 0.316. The van der Waals surface area contributed by atoms with Gasteiger partial charge < -0.3 is 14.2 Å². The number of esters is 1. The number of benzene rings is 1. The second-order valence-electron chi connectivity index (χ2n) is 6.22. The first-order valence-electron chi connectivity index (χ1n) is 8.12. The molecule has 25 heavy (non-hydrogen) atoms. The van der Waals surface area contributed by atoms with E-state index in [9.17, 15) is 4.79 Å². The number of ether oxygens (including phenoxy) is 1. The molecule has 0 bridgehead atoms. The van der Waals surface area contributed by atoms with E-state index in [0.29, 0.717) is 10.2 Å². The van der Waals surface area contributed by atoms with Crippen molar-refractivity contribution in [1.82, 2.24) is 9.47 Å². The number of carbonyl (C=O) groups is 1. The second kappa shape index (κ2) is 6.50. The maximum Gasteiger partial charge on any atom is 0.336 e. The third-order valence-electron chi connectivity index (χ3n) is 4.78. The van der Waals surface area contributed by atoms with E-state index in [1.54, 1.807) is 0 Å². The molecule has 6 heteroatoms. The van der Waals surface area contributed by atoms with Crippen molar-refractivity contribution in [3.63, 3.8) is 0 Å². The Morgan fingerprint density at radius 2 is 2.00 bits per heavy atom. The van der Waals surface area contributed by atoms with Gasteiger partial charge in [0.1, 0.15) is 0 Å². The Balaban J connectivity index is 1.94. The third kappa shape index (κ3) is 2.68. The molecular weight excluding hydrogens is 352 g/mol. The van der Waals surface area contributed by atoms with Gasteiger partial charge >= 0.3 is 5.97 Å². The fourth-order valence-electron chi connectivity index (χ4n) is 3.57. The molecule has 0 N–H and O–H groups in total. The lowest BCUT2D eigenvalue weighted by atomic mass is 9.88. The van der Waals surface area contributed by atoms with Crippen LogP contribution in [-0.2, 0) is 16.6 Å². The maximum absolute atomic E-state index is 12.4. The summed E-state index contributed by atoms with van der Waals surface area (Å²) in [5.74, 6) is -0.361. The van der Waals surface area contributed by atoms with Gasteiger partial charge in [0.05, 0.1) is 17.3 Å². The van der Waals surface area contributed by atoms with Crippen LogP contribution in [0, 0.1) is 0 Å². The predicted octanol–water partition coefficient (Wildman–Crippen LogP) is 4.21. The summed E-state index contributed by atoms with van der Waals surface area (Å²) in [5.41, 5.74) is 4.41. The minimum Gasteiger partial charge on any atom is -0.466 e. The quantitative estimate of drug-likeness (QED) is 0.754. The molecule has 0 saturated carbocycles. The predicted molar refractivity (Wildman–Crippen MR) is 105 cm³/mol. The zero-order valence-electron chi connectivity index (χ0n) is 14.4. The van der Waals surface area contributed by atoms with Gasteiger partial charge in [-0.1, -0.05) is 24.3 Å². The number of rotatable bonds is 3. The number of hydrogen-bond donors (Lipinski definition) is 0. The number of thioether (sulfide) groups is 2. The van der Waals surface area contributed by atoms with Crippen molar-refractivity contribution in [3.8, 4) is 0 Å². The lowest BCUT2D eigenvalue weighted by molar-refractivity contribution is -0.136. The largest absolute Gasteiger partial charge is 0.466 e. The number of para-hydroxylation sites is 1. The van der Waals surface area contributed by atoms with Gasteiger partial charge in [-0.05, 0) is 11.6 Å². The second-order valence-corrected chi connectivity index (χ2v) is 9.07. The van der Waals surface area contributed by atoms with Crippen LogP contribution in [0.1, 0.15) is 21.8 Å². The average Bonchev–Trinajstić information content (AvgIpc) is 2.86. The molecule has 1 aromatic carbocycles. The van der Waals surface area contributed by atoms with E-state index < -0.39 is 0 Å². The Morgan fingerprint density at radius 3 is 2.68 bits per heavy atom. The minimum absolute atomic E-state index is 0.0912. The highest BCUT2D eigenvalue weighted by molar-refractivity contribution is 8.31. The molecule has 3 heterocycles. The number of fused-ring (bicyclic) bond motifs is 1. The van der Waals surface area contributed by atoms with Gasteiger partial charge in [-0.2, -0.15) is 0 Å². The molecule has 1 atom stereocenters. The van der Waals surface area contributed by atoms with Crippen LogP contribution in [-0.4, -0.2) is 34.7 Å². The summed E-state index contributed by atoms with van der Waals surface area (Å²) >= 11 is 3.91. The van der Waals surface area contributed by atoms with Crippen LogP contribution < -0.4 is 0 Å². The van der Waals surface area contributed by atoms with Gasteiger partial charge in [0.15, 0.2) is 0 Å². The highest BCUT2D eigenvalue weighted by Crippen LogP contribution is 2.55. The molecule has 0 radical (unpaired) electrons. The van der Waals surface area contributed by atoms with E-state index >= 15 is 0 Å². The lowest BCUT2D eigenvalue weighted by Crippen LogP contribution is -2.21. The topological polar surface area (TPSA) is 34.5 Å². The third-order valence-corrected chi connectivity index (χ3v) is 7.74. The molecule has 1 saturated heterocycles. The summed E-state index contributed by atoms with van der Waals surface area (Å²) in [5, 5.41) is 2.33. The average molecular weight is 373 g/mol. The molecule has 1 unspecified atom stereocenters. The Labute approximate surface area is 155 Å². The van der Waals surface area contributed by atoms with Crippen molar-refractivity contribution in [1.29, 1.82) is 0 Å². The summed E-state index contributed by atoms with van der Waals surface area (Å²) in [7, 11) is 5.50. The molecule has 2 aromatic rings. The van der Waals surface area contributed by atoms with Crippen molar-refractivity contribution in [2.24, 2.45) is 7.05 Å². The van der Waals surface area contributed by atoms with Crippen molar-refractivity contribution in [2.45, 2.75) is 10.5 Å². The van der Waals surface area contributed by atoms with Gasteiger partial charge in [0.2, 0.25) is 0 Å². The highest BCUT2D eigenvalue weighted by Gasteiger charge is 2.35. The fourth-order valence-corrected chi connectivity index (χ4v) is 5.54. The minimum atomic E-state index is -0.269. The molecule has 4 rings (SSSR count). The molecule has 4 nitrogen and oxygen atoms in total. The molecular formula is C19H20N2O2S2. The van der Waals surface area contributed by atoms with E-state index in [-0.39, 0.29) is 11.9 Å². The first-order chi connectivity index (χ1) is 12.1. The summed E-state index contributed by atoms with van der Waals surface area (Å²) in [4.78, 5) is 14.3. The zero-order chi connectivity index (χ0) is 17.6. The number of nitrogens with zero attached hydrogens (tertiary/aromatic N) is 2. The first-order valence-corrected chi connectivity index (χ1v) is 10.2. The van der Waals surface area contributed by atoms with Crippen LogP contribution in [0.4, 0.5) is 0 Å². The van der Waals surface area contributed by atoms with Crippen LogP contribution >= 0.6 is 23.5 Å². The van der Waals surface area contributed by atoms with Crippen LogP contribution in [0.15, 0.2) is 48.3 Å². The van der Waals surface area contributed by atoms with Crippen LogP contribution in [0.25, 0.3) is 10.9 Å². The van der Waals surface area contributed by atoms with Gasteiger partial charge in [-0.3, -0.25) is 0 Å². The van der Waals surface area contributed by atoms with Gasteiger partial charge in [-0.25, -0.2) is 4.79 Å². The van der Waals surface area contributed by atoms with E-state index in [4.69, 9.17) is 4.74 Å². The number of methoxy groups -OCH3 is 1. The molecule has 1 aromatic heterocycles. The van der Waals surface area contributed by atoms with Crippen LogP contribution in [0.5, 0.6) is 0 Å². The number of carbonyl (C=O) groups excluding carboxylic acids is 1. The van der Waals surface area contributed by atoms with Crippen molar-refractivity contribution in [2.75, 3.05) is 19.2 Å². The Hall–Kier alpha value is -1.79. The van der Waals surface area contributed by atoms with Crippen molar-refractivity contribution in [3.05, 3.63) is 59.6 Å². The van der Waals surface area contributed by atoms with Gasteiger partial charge in [0, 0.05) is 54.1 Å². The summed E-state index contributed by atoms with van der Waals surface area (Å²) < 4.78 is 7.77. The van der Waals surface area contributed by atoms with Gasteiger partial charge in [0.25, 0.3) is 0 Å². The Morgan fingerprint density at radius 1 is 1.24 bits per heavy atom. The Kier molecular flexibility index (Phi) is 4.33. The first kappa shape index (κ1) is 16.7. The molecule has 2 aliphatic heterocycles. The number of hydrogen-bond acceptors (Lipinski definition) is 5. The van der Waals surface area contributed by atoms with E-state index in [1.165, 1.54) is 29.3 Å². The smallest absolute Gasteiger partial charge is 0.336 e. The lowest BCUT2D eigenvalue weighted by Gasteiger charge is -2.30. The summed E-state index contributed by atoms with van der Waals surface area (Å²) in [6.07, 6.45) is 6.00. The summed E-state index contributed by atoms with van der Waals surface area (Å²) in [6, 6.07) is 8.44. The van der Waals surface area contributed by atoms with Crippen LogP contribution in [0.2, 0.25) is 0 Å². The molecule has 2 aliphatic rings. The SMILES string of the molecule is COC(=O)C1=CN(C)C=CC1c1c(C2SCS2)n(C)c2ccccc12. The number of aromatic nitrogens is 1. The molecule has 0 amide bonds. The van der Waals surface area contributed by atoms with Crippen LogP contribution in [0.3, 0.4) is 0 Å². The molecule has 1 fully saturated rings. The molecule has 130 valence electrons. The van der Waals surface area contributed by atoms with Crippen molar-refractivity contribution < 1.29 is 9.53 Å². The normalized spacial score (nSPS) is 20.5. The van der Waals surface area contributed by atoms with E-state index in [1.807, 2.05) is 47.9 Å². The van der Waals surface area contributed by atoms with E-state index in [0.717, 1.165) is 5.08 Å². The maximum atomic E-state index is 12.4. The van der Waals surface area contributed by atoms with E-state index in [2.05, 4.69) is 42.0 Å². The monoisotopic (exact) mass is 372 g/mol. The zero-order valence-corrected chi connectivity index (χ0v) is 16.1. The van der Waals surface area contributed by atoms with Crippen molar-refractivity contribution >= 4 is 40.4 Å².